The third kappa shape index (κ3) is 1.96. The van der Waals surface area contributed by atoms with Crippen LogP contribution < -0.4 is 11.1 Å². The number of hydrogen-bond donors (Lipinski definition) is 2. The summed E-state index contributed by atoms with van der Waals surface area (Å²) in [4.78, 5) is 19.3. The van der Waals surface area contributed by atoms with Crippen LogP contribution in [0.4, 0.5) is 0 Å². The third-order valence-electron chi connectivity index (χ3n) is 0.532. The largest absolute Gasteiger partial charge is 0.403 e. The molecule has 0 aromatic heterocycles. The Morgan fingerprint density at radius 1 is 1.50 bits per heavy atom. The van der Waals surface area contributed by atoms with E-state index < -0.39 is 0 Å². The highest BCUT2D eigenvalue weighted by Crippen LogP contribution is 1.71. The predicted molar refractivity (Wildman–Crippen MR) is 27.5 cm³/mol. The normalized spacial score (nSPS) is 10.2. The molecule has 0 heterocycles. The number of amides is 1. The average molecular weight is 114 g/mol. The number of carbonyl (C=O) groups excluding carboxylic acids is 2. The molecule has 0 spiro atoms. The van der Waals surface area contributed by atoms with Crippen molar-refractivity contribution in [2.75, 3.05) is 0 Å². The van der Waals surface area contributed by atoms with Crippen LogP contribution in [-0.2, 0) is 9.59 Å². The minimum atomic E-state index is 0.0694. The van der Waals surface area contributed by atoms with E-state index in [1.807, 2.05) is 0 Å². The topological polar surface area (TPSA) is 72.2 Å². The van der Waals surface area contributed by atoms with E-state index in [0.717, 1.165) is 6.20 Å². The molecule has 0 atom stereocenters. The van der Waals surface area contributed by atoms with Crippen molar-refractivity contribution in [1.82, 2.24) is 5.32 Å². The molecule has 0 rings (SSSR count). The molecule has 0 saturated carbocycles. The maximum absolute atomic E-state index is 9.76. The van der Waals surface area contributed by atoms with Crippen molar-refractivity contribution in [3.8, 4) is 0 Å². The average Bonchev–Trinajstić information content (AvgIpc) is 1.83. The Labute approximate surface area is 46.4 Å². The maximum Gasteiger partial charge on any atom is 0.211 e. The number of carbonyl (C=O) groups is 2. The summed E-state index contributed by atoms with van der Waals surface area (Å²) in [6, 6.07) is 0. The monoisotopic (exact) mass is 114 g/mol. The van der Waals surface area contributed by atoms with Gasteiger partial charge in [-0.1, -0.05) is 0 Å². The molecule has 44 valence electrons. The highest BCUT2D eigenvalue weighted by atomic mass is 16.1. The van der Waals surface area contributed by atoms with Gasteiger partial charge in [-0.05, 0) is 0 Å². The van der Waals surface area contributed by atoms with Crippen LogP contribution in [0.1, 0.15) is 0 Å². The van der Waals surface area contributed by atoms with Crippen molar-refractivity contribution in [1.29, 1.82) is 0 Å². The van der Waals surface area contributed by atoms with E-state index in [1.54, 1.807) is 0 Å². The third-order valence-corrected chi connectivity index (χ3v) is 0.532. The molecule has 0 fully saturated rings. The van der Waals surface area contributed by atoms with Gasteiger partial charge in [0, 0.05) is 6.20 Å². The molecule has 0 aliphatic rings. The first-order valence-corrected chi connectivity index (χ1v) is 1.92. The summed E-state index contributed by atoms with van der Waals surface area (Å²) in [6.45, 7) is 0. The number of allylic oxidation sites excluding steroid dienone is 1. The standard InChI is InChI=1S/C4H6N2O2/c5-1-4(2-7)6-3-8/h1-3H,5H2,(H,6,8)/b4-1-. The molecule has 4 heteroatoms. The zero-order chi connectivity index (χ0) is 6.41. The minimum absolute atomic E-state index is 0.0694. The van der Waals surface area contributed by atoms with E-state index in [1.165, 1.54) is 0 Å². The van der Waals surface area contributed by atoms with Gasteiger partial charge in [0.05, 0.1) is 5.70 Å². The molecule has 0 saturated heterocycles. The van der Waals surface area contributed by atoms with Gasteiger partial charge in [-0.2, -0.15) is 0 Å². The van der Waals surface area contributed by atoms with Crippen LogP contribution in [0.3, 0.4) is 0 Å². The molecular formula is C4H6N2O2. The molecule has 0 aliphatic heterocycles. The van der Waals surface area contributed by atoms with E-state index in [9.17, 15) is 9.59 Å². The highest BCUT2D eigenvalue weighted by molar-refractivity contribution is 5.76. The van der Waals surface area contributed by atoms with Crippen LogP contribution in [0.25, 0.3) is 0 Å². The second kappa shape index (κ2) is 3.86. The summed E-state index contributed by atoms with van der Waals surface area (Å²) in [5, 5.41) is 2.07. The fourth-order valence-corrected chi connectivity index (χ4v) is 0.189. The van der Waals surface area contributed by atoms with Crippen LogP contribution in [0.5, 0.6) is 0 Å². The van der Waals surface area contributed by atoms with Gasteiger partial charge in [0.1, 0.15) is 0 Å². The first kappa shape index (κ1) is 6.68. The molecule has 0 aromatic carbocycles. The minimum Gasteiger partial charge on any atom is -0.403 e. The first-order chi connectivity index (χ1) is 3.85. The van der Waals surface area contributed by atoms with Crippen LogP contribution in [0.2, 0.25) is 0 Å². The van der Waals surface area contributed by atoms with Crippen molar-refractivity contribution >= 4 is 12.7 Å². The molecule has 4 nitrogen and oxygen atoms in total. The number of rotatable bonds is 3. The maximum atomic E-state index is 9.76. The Kier molecular flexibility index (Phi) is 3.22. The first-order valence-electron chi connectivity index (χ1n) is 1.92. The molecule has 0 aliphatic carbocycles. The van der Waals surface area contributed by atoms with Crippen molar-refractivity contribution in [3.63, 3.8) is 0 Å². The zero-order valence-electron chi connectivity index (χ0n) is 4.13. The Balaban J connectivity index is 3.71. The molecule has 1 amide bonds. The molecule has 3 N–H and O–H groups in total. The fraction of sp³-hybridized carbons (Fsp3) is 0. The lowest BCUT2D eigenvalue weighted by atomic mass is 10.5. The van der Waals surface area contributed by atoms with Gasteiger partial charge in [0.2, 0.25) is 6.41 Å². The van der Waals surface area contributed by atoms with Crippen LogP contribution in [0, 0.1) is 0 Å². The van der Waals surface area contributed by atoms with E-state index in [4.69, 9.17) is 5.73 Å². The van der Waals surface area contributed by atoms with E-state index in [0.29, 0.717) is 12.7 Å². The Morgan fingerprint density at radius 2 is 2.12 bits per heavy atom. The smallest absolute Gasteiger partial charge is 0.211 e. The summed E-state index contributed by atoms with van der Waals surface area (Å²) in [5.74, 6) is 0. The van der Waals surface area contributed by atoms with Crippen molar-refractivity contribution in [3.05, 3.63) is 11.9 Å². The Hall–Kier alpha value is -1.32. The summed E-state index contributed by atoms with van der Waals surface area (Å²) >= 11 is 0. The Bertz CT molecular complexity index is 119. The molecule has 0 aromatic rings. The second-order valence-corrected chi connectivity index (χ2v) is 1.00. The van der Waals surface area contributed by atoms with Gasteiger partial charge in [-0.3, -0.25) is 9.59 Å². The van der Waals surface area contributed by atoms with E-state index in [2.05, 4.69) is 5.32 Å². The van der Waals surface area contributed by atoms with Gasteiger partial charge in [0.25, 0.3) is 0 Å². The molecular weight excluding hydrogens is 108 g/mol. The van der Waals surface area contributed by atoms with Gasteiger partial charge in [-0.15, -0.1) is 0 Å². The van der Waals surface area contributed by atoms with E-state index >= 15 is 0 Å². The summed E-state index contributed by atoms with van der Waals surface area (Å²) in [7, 11) is 0. The van der Waals surface area contributed by atoms with Crippen molar-refractivity contribution < 1.29 is 9.59 Å². The number of nitrogens with two attached hydrogens (primary N) is 1. The molecule has 0 unspecified atom stereocenters. The lowest BCUT2D eigenvalue weighted by Gasteiger charge is -1.88. The van der Waals surface area contributed by atoms with Gasteiger partial charge in [-0.25, -0.2) is 0 Å². The van der Waals surface area contributed by atoms with Gasteiger partial charge < -0.3 is 11.1 Å². The molecule has 8 heavy (non-hydrogen) atoms. The summed E-state index contributed by atoms with van der Waals surface area (Å²) in [5.41, 5.74) is 4.92. The van der Waals surface area contributed by atoms with Gasteiger partial charge in [0.15, 0.2) is 6.29 Å². The lowest BCUT2D eigenvalue weighted by Crippen LogP contribution is -2.12. The quantitative estimate of drug-likeness (QED) is 0.355. The molecule has 0 bridgehead atoms. The van der Waals surface area contributed by atoms with Crippen molar-refractivity contribution in [2.45, 2.75) is 0 Å². The SMILES string of the molecule is N/C=C(/C=O)NC=O. The number of hydrogen-bond acceptors (Lipinski definition) is 3. The van der Waals surface area contributed by atoms with Gasteiger partial charge >= 0.3 is 0 Å². The number of aldehydes is 1. The highest BCUT2D eigenvalue weighted by Gasteiger charge is 1.85. The fourth-order valence-electron chi connectivity index (χ4n) is 0.189. The van der Waals surface area contributed by atoms with Crippen LogP contribution in [-0.4, -0.2) is 12.7 Å². The van der Waals surface area contributed by atoms with Crippen molar-refractivity contribution in [2.24, 2.45) is 5.73 Å². The number of nitrogens with one attached hydrogen (secondary N) is 1. The lowest BCUT2D eigenvalue weighted by molar-refractivity contribution is -0.111. The molecule has 0 radical (unpaired) electrons. The second-order valence-electron chi connectivity index (χ2n) is 1.00. The Morgan fingerprint density at radius 3 is 2.25 bits per heavy atom. The summed E-state index contributed by atoms with van der Waals surface area (Å²) < 4.78 is 0. The van der Waals surface area contributed by atoms with E-state index in [-0.39, 0.29) is 5.70 Å². The van der Waals surface area contributed by atoms with Crippen LogP contribution in [0.15, 0.2) is 11.9 Å². The predicted octanol–water partition coefficient (Wildman–Crippen LogP) is -1.27. The zero-order valence-corrected chi connectivity index (χ0v) is 4.13. The van der Waals surface area contributed by atoms with Crippen LogP contribution >= 0.6 is 0 Å². The summed E-state index contributed by atoms with van der Waals surface area (Å²) in [6.07, 6.45) is 1.85.